The van der Waals surface area contributed by atoms with Crippen LogP contribution in [0.4, 0.5) is 0 Å². The third kappa shape index (κ3) is 8.80. The molecule has 0 aliphatic carbocycles. The second-order valence-electron chi connectivity index (χ2n) is 6.72. The second kappa shape index (κ2) is 13.6. The van der Waals surface area contributed by atoms with Crippen LogP contribution < -0.4 is 4.74 Å². The lowest BCUT2D eigenvalue weighted by molar-refractivity contribution is 0.317. The summed E-state index contributed by atoms with van der Waals surface area (Å²) in [7, 11) is 1.56. The van der Waals surface area contributed by atoms with Gasteiger partial charge in [-0.05, 0) is 25.0 Å². The summed E-state index contributed by atoms with van der Waals surface area (Å²) in [6.45, 7) is 2.25. The Bertz CT molecular complexity index is 500. The van der Waals surface area contributed by atoms with Crippen molar-refractivity contribution in [3.63, 3.8) is 0 Å². The van der Waals surface area contributed by atoms with E-state index in [1.54, 1.807) is 25.3 Å². The van der Waals surface area contributed by atoms with Crippen molar-refractivity contribution < 1.29 is 15.1 Å². The van der Waals surface area contributed by atoms with E-state index in [2.05, 4.69) is 12.1 Å². The van der Waals surface area contributed by atoms with Gasteiger partial charge in [-0.3, -0.25) is 0 Å². The molecule has 0 amide bonds. The summed E-state index contributed by atoms with van der Waals surface area (Å²) in [5.41, 5.74) is 1.12. The van der Waals surface area contributed by atoms with Gasteiger partial charge < -0.3 is 15.1 Å². The van der Waals surface area contributed by atoms with Crippen molar-refractivity contribution in [1.82, 2.24) is 0 Å². The highest BCUT2D eigenvalue weighted by molar-refractivity contribution is 6.02. The van der Waals surface area contributed by atoms with Gasteiger partial charge in [-0.25, -0.2) is 0 Å². The molecule has 142 valence electrons. The fourth-order valence-corrected chi connectivity index (χ4v) is 3.08. The molecule has 0 aliphatic heterocycles. The van der Waals surface area contributed by atoms with Crippen molar-refractivity contribution in [3.05, 3.63) is 23.8 Å². The van der Waals surface area contributed by atoms with Crippen molar-refractivity contribution in [2.24, 2.45) is 5.16 Å². The summed E-state index contributed by atoms with van der Waals surface area (Å²) >= 11 is 0. The Balaban J connectivity index is 2.16. The van der Waals surface area contributed by atoms with E-state index in [0.717, 1.165) is 12.8 Å². The molecule has 0 saturated heterocycles. The molecule has 25 heavy (non-hydrogen) atoms. The predicted octanol–water partition coefficient (Wildman–Crippen LogP) is 6.28. The Morgan fingerprint density at radius 2 is 1.48 bits per heavy atom. The number of aromatic hydroxyl groups is 1. The Labute approximate surface area is 152 Å². The van der Waals surface area contributed by atoms with E-state index in [4.69, 9.17) is 4.74 Å². The van der Waals surface area contributed by atoms with Gasteiger partial charge in [-0.15, -0.1) is 0 Å². The fraction of sp³-hybridized carbons (Fsp3) is 0.667. The van der Waals surface area contributed by atoms with E-state index in [9.17, 15) is 10.3 Å². The largest absolute Gasteiger partial charge is 0.507 e. The summed E-state index contributed by atoms with van der Waals surface area (Å²) < 4.78 is 5.07. The molecular weight excluding hydrogens is 314 g/mol. The third-order valence-corrected chi connectivity index (χ3v) is 4.65. The lowest BCUT2D eigenvalue weighted by atomic mass is 10.0. The molecule has 1 aromatic rings. The molecule has 0 heterocycles. The number of methoxy groups -OCH3 is 1. The normalized spacial score (nSPS) is 11.7. The van der Waals surface area contributed by atoms with Gasteiger partial charge in [0.25, 0.3) is 0 Å². The van der Waals surface area contributed by atoms with Crippen LogP contribution in [0.2, 0.25) is 0 Å². The molecule has 0 radical (unpaired) electrons. The summed E-state index contributed by atoms with van der Waals surface area (Å²) in [4.78, 5) is 0. The maximum absolute atomic E-state index is 10.0. The number of hydrogen-bond donors (Lipinski definition) is 2. The van der Waals surface area contributed by atoms with E-state index in [1.807, 2.05) is 0 Å². The first kappa shape index (κ1) is 21.3. The molecule has 4 nitrogen and oxygen atoms in total. The number of phenols is 1. The van der Waals surface area contributed by atoms with Crippen LogP contribution >= 0.6 is 0 Å². The maximum atomic E-state index is 10.0. The molecule has 1 aromatic carbocycles. The van der Waals surface area contributed by atoms with Crippen LogP contribution in [0.25, 0.3) is 0 Å². The number of hydrogen-bond acceptors (Lipinski definition) is 4. The van der Waals surface area contributed by atoms with Crippen molar-refractivity contribution in [1.29, 1.82) is 0 Å². The fourth-order valence-electron chi connectivity index (χ4n) is 3.08. The average molecular weight is 350 g/mol. The van der Waals surface area contributed by atoms with Crippen molar-refractivity contribution >= 4 is 5.71 Å². The SMILES string of the molecule is CCCCCCCCCCCCC/C(=N\O)c1ccc(OC)cc1O. The van der Waals surface area contributed by atoms with Gasteiger partial charge in [0.15, 0.2) is 0 Å². The summed E-state index contributed by atoms with van der Waals surface area (Å²) in [6, 6.07) is 5.05. The Morgan fingerprint density at radius 3 is 1.96 bits per heavy atom. The number of nitrogens with zero attached hydrogens (tertiary/aromatic N) is 1. The Morgan fingerprint density at radius 1 is 0.920 bits per heavy atom. The molecule has 0 fully saturated rings. The first-order chi connectivity index (χ1) is 12.2. The summed E-state index contributed by atoms with van der Waals surface area (Å²) in [5, 5.41) is 22.6. The van der Waals surface area contributed by atoms with Gasteiger partial charge in [-0.2, -0.15) is 0 Å². The standard InChI is InChI=1S/C21H35NO3/c1-3-4-5-6-7-8-9-10-11-12-13-14-20(22-24)19-16-15-18(25-2)17-21(19)23/h15-17,23-24H,3-14H2,1-2H3/b22-20+. The van der Waals surface area contributed by atoms with Gasteiger partial charge in [0, 0.05) is 11.6 Å². The predicted molar refractivity (Wildman–Crippen MR) is 104 cm³/mol. The van der Waals surface area contributed by atoms with Gasteiger partial charge in [-0.1, -0.05) is 76.3 Å². The molecule has 0 aliphatic rings. The Hall–Kier alpha value is -1.71. The minimum absolute atomic E-state index is 0.0928. The first-order valence-electron chi connectivity index (χ1n) is 9.81. The zero-order valence-corrected chi connectivity index (χ0v) is 16.0. The smallest absolute Gasteiger partial charge is 0.128 e. The van der Waals surface area contributed by atoms with E-state index in [-0.39, 0.29) is 5.75 Å². The molecule has 0 aromatic heterocycles. The number of rotatable bonds is 14. The number of phenolic OH excluding ortho intramolecular Hbond substituents is 1. The molecule has 4 heteroatoms. The summed E-state index contributed by atoms with van der Waals surface area (Å²) in [6.07, 6.45) is 14.8. The van der Waals surface area contributed by atoms with Crippen LogP contribution in [0.15, 0.2) is 23.4 Å². The van der Waals surface area contributed by atoms with Gasteiger partial charge in [0.05, 0.1) is 12.8 Å². The minimum atomic E-state index is 0.0928. The van der Waals surface area contributed by atoms with Gasteiger partial charge in [0.1, 0.15) is 11.5 Å². The number of oxime groups is 1. The van der Waals surface area contributed by atoms with Crippen LogP contribution in [0, 0.1) is 0 Å². The average Bonchev–Trinajstić information content (AvgIpc) is 2.63. The monoisotopic (exact) mass is 349 g/mol. The molecule has 0 saturated carbocycles. The molecule has 1 rings (SSSR count). The number of unbranched alkanes of at least 4 members (excludes halogenated alkanes) is 10. The van der Waals surface area contributed by atoms with Gasteiger partial charge in [0.2, 0.25) is 0 Å². The van der Waals surface area contributed by atoms with Crippen molar-refractivity contribution in [2.45, 2.75) is 84.0 Å². The minimum Gasteiger partial charge on any atom is -0.507 e. The van der Waals surface area contributed by atoms with E-state index < -0.39 is 0 Å². The van der Waals surface area contributed by atoms with Crippen molar-refractivity contribution in [2.75, 3.05) is 7.11 Å². The highest BCUT2D eigenvalue weighted by atomic mass is 16.5. The van der Waals surface area contributed by atoms with Crippen molar-refractivity contribution in [3.8, 4) is 11.5 Å². The van der Waals surface area contributed by atoms with E-state index >= 15 is 0 Å². The first-order valence-corrected chi connectivity index (χ1v) is 9.81. The highest BCUT2D eigenvalue weighted by Gasteiger charge is 2.10. The van der Waals surface area contributed by atoms with Crippen LogP contribution in [0.1, 0.15) is 89.5 Å². The lowest BCUT2D eigenvalue weighted by Gasteiger charge is -2.09. The molecule has 0 bridgehead atoms. The Kier molecular flexibility index (Phi) is 11.6. The zero-order chi connectivity index (χ0) is 18.3. The second-order valence-corrected chi connectivity index (χ2v) is 6.72. The van der Waals surface area contributed by atoms with E-state index in [1.165, 1.54) is 57.8 Å². The quantitative estimate of drug-likeness (QED) is 0.180. The number of ether oxygens (including phenoxy) is 1. The van der Waals surface area contributed by atoms with Crippen LogP contribution in [0.5, 0.6) is 11.5 Å². The van der Waals surface area contributed by atoms with Crippen LogP contribution in [0.3, 0.4) is 0 Å². The molecule has 2 N–H and O–H groups in total. The van der Waals surface area contributed by atoms with E-state index in [0.29, 0.717) is 23.4 Å². The molecule has 0 atom stereocenters. The zero-order valence-electron chi connectivity index (χ0n) is 16.0. The molecule has 0 spiro atoms. The number of benzene rings is 1. The van der Waals surface area contributed by atoms with Crippen LogP contribution in [-0.4, -0.2) is 23.1 Å². The third-order valence-electron chi connectivity index (χ3n) is 4.65. The summed E-state index contributed by atoms with van der Waals surface area (Å²) in [5.74, 6) is 0.684. The lowest BCUT2D eigenvalue weighted by Crippen LogP contribution is -2.02. The topological polar surface area (TPSA) is 62.1 Å². The van der Waals surface area contributed by atoms with Crippen LogP contribution in [-0.2, 0) is 0 Å². The van der Waals surface area contributed by atoms with Gasteiger partial charge >= 0.3 is 0 Å². The molecule has 0 unspecified atom stereocenters. The highest BCUT2D eigenvalue weighted by Crippen LogP contribution is 2.25. The maximum Gasteiger partial charge on any atom is 0.128 e. The molecular formula is C21H35NO3.